The molecule has 0 saturated heterocycles. The summed E-state index contributed by atoms with van der Waals surface area (Å²) in [7, 11) is 0. The highest BCUT2D eigenvalue weighted by Gasteiger charge is 2.13. The number of carboxylic acids is 2. The van der Waals surface area contributed by atoms with Crippen LogP contribution in [-0.4, -0.2) is 22.2 Å². The van der Waals surface area contributed by atoms with Crippen LogP contribution in [0.1, 0.15) is 26.3 Å². The summed E-state index contributed by atoms with van der Waals surface area (Å²) in [5.41, 5.74) is 5.43. The number of carboxylic acid groups (broad SMARTS) is 2. The lowest BCUT2D eigenvalue weighted by Crippen LogP contribution is -2.08. The molecule has 5 nitrogen and oxygen atoms in total. The van der Waals surface area contributed by atoms with E-state index in [1.54, 1.807) is 0 Å². The Balaban J connectivity index is 3.40. The molecule has 0 unspecified atom stereocenters. The van der Waals surface area contributed by atoms with Crippen LogP contribution in [0.25, 0.3) is 5.70 Å². The summed E-state index contributed by atoms with van der Waals surface area (Å²) in [5, 5.41) is 17.5. The summed E-state index contributed by atoms with van der Waals surface area (Å²) < 4.78 is 0. The van der Waals surface area contributed by atoms with Crippen LogP contribution in [0.4, 0.5) is 0 Å². The van der Waals surface area contributed by atoms with E-state index in [0.29, 0.717) is 0 Å². The van der Waals surface area contributed by atoms with E-state index in [-0.39, 0.29) is 22.4 Å². The fourth-order valence-corrected chi connectivity index (χ4v) is 1.13. The second-order valence-corrected chi connectivity index (χ2v) is 2.90. The number of rotatable bonds is 3. The second kappa shape index (κ2) is 3.83. The van der Waals surface area contributed by atoms with Gasteiger partial charge in [-0.3, -0.25) is 0 Å². The molecular formula is C10H9NO4. The molecule has 1 aromatic rings. The highest BCUT2D eigenvalue weighted by Crippen LogP contribution is 2.16. The highest BCUT2D eigenvalue weighted by molar-refractivity contribution is 5.96. The fourth-order valence-electron chi connectivity index (χ4n) is 1.13. The van der Waals surface area contributed by atoms with E-state index in [4.69, 9.17) is 15.9 Å². The van der Waals surface area contributed by atoms with Crippen molar-refractivity contribution >= 4 is 17.6 Å². The molecule has 0 aliphatic rings. The van der Waals surface area contributed by atoms with Gasteiger partial charge in [-0.1, -0.05) is 6.58 Å². The van der Waals surface area contributed by atoms with Gasteiger partial charge in [-0.15, -0.1) is 0 Å². The minimum absolute atomic E-state index is 0.0236. The Kier molecular flexibility index (Phi) is 2.75. The van der Waals surface area contributed by atoms with Crippen molar-refractivity contribution in [1.82, 2.24) is 0 Å². The number of hydrogen-bond donors (Lipinski definition) is 3. The summed E-state index contributed by atoms with van der Waals surface area (Å²) in [6.07, 6.45) is 0. The Bertz CT molecular complexity index is 451. The molecule has 0 aliphatic heterocycles. The Morgan fingerprint density at radius 2 is 1.73 bits per heavy atom. The van der Waals surface area contributed by atoms with Crippen LogP contribution >= 0.6 is 0 Å². The lowest BCUT2D eigenvalue weighted by atomic mass is 10.0. The normalized spacial score (nSPS) is 9.60. The van der Waals surface area contributed by atoms with Gasteiger partial charge in [0, 0.05) is 11.3 Å². The molecule has 0 atom stereocenters. The van der Waals surface area contributed by atoms with E-state index in [9.17, 15) is 9.59 Å². The molecule has 0 aliphatic carbocycles. The third kappa shape index (κ3) is 2.14. The molecule has 0 saturated carbocycles. The van der Waals surface area contributed by atoms with Crippen LogP contribution in [0.15, 0.2) is 24.8 Å². The molecule has 1 rings (SSSR count). The van der Waals surface area contributed by atoms with Crippen molar-refractivity contribution in [3.05, 3.63) is 41.5 Å². The van der Waals surface area contributed by atoms with Crippen LogP contribution < -0.4 is 5.73 Å². The number of hydrogen-bond acceptors (Lipinski definition) is 3. The Hall–Kier alpha value is -2.30. The first-order chi connectivity index (χ1) is 6.93. The van der Waals surface area contributed by atoms with Gasteiger partial charge in [0.05, 0.1) is 11.1 Å². The molecule has 0 radical (unpaired) electrons. The summed E-state index contributed by atoms with van der Waals surface area (Å²) in [6.45, 7) is 3.39. The predicted molar refractivity (Wildman–Crippen MR) is 53.6 cm³/mol. The molecule has 0 aromatic heterocycles. The van der Waals surface area contributed by atoms with Crippen molar-refractivity contribution in [3.8, 4) is 0 Å². The second-order valence-electron chi connectivity index (χ2n) is 2.90. The van der Waals surface area contributed by atoms with Crippen LogP contribution in [0.2, 0.25) is 0 Å². The van der Waals surface area contributed by atoms with Crippen molar-refractivity contribution in [2.75, 3.05) is 0 Å². The quantitative estimate of drug-likeness (QED) is 0.686. The minimum Gasteiger partial charge on any atom is -0.478 e. The smallest absolute Gasteiger partial charge is 0.336 e. The Morgan fingerprint density at radius 1 is 1.13 bits per heavy atom. The van der Waals surface area contributed by atoms with E-state index in [0.717, 1.165) is 0 Å². The van der Waals surface area contributed by atoms with Crippen molar-refractivity contribution in [1.29, 1.82) is 0 Å². The summed E-state index contributed by atoms with van der Waals surface area (Å²) in [5.74, 6) is -2.32. The molecule has 15 heavy (non-hydrogen) atoms. The van der Waals surface area contributed by atoms with Crippen molar-refractivity contribution in [2.24, 2.45) is 5.73 Å². The fraction of sp³-hybridized carbons (Fsp3) is 0. The predicted octanol–water partition coefficient (Wildman–Crippen LogP) is 1.01. The van der Waals surface area contributed by atoms with Gasteiger partial charge in [0.2, 0.25) is 0 Å². The molecule has 1 aromatic carbocycles. The van der Waals surface area contributed by atoms with Crippen molar-refractivity contribution < 1.29 is 19.8 Å². The average Bonchev–Trinajstić information content (AvgIpc) is 2.16. The SMILES string of the molecule is C=C(N)c1cc(C(=O)O)ccc1C(=O)O. The van der Waals surface area contributed by atoms with E-state index in [1.807, 2.05) is 0 Å². The molecule has 0 heterocycles. The third-order valence-corrected chi connectivity index (χ3v) is 1.84. The van der Waals surface area contributed by atoms with Gasteiger partial charge in [-0.2, -0.15) is 0 Å². The number of benzene rings is 1. The third-order valence-electron chi connectivity index (χ3n) is 1.84. The standard InChI is InChI=1S/C10H9NO4/c1-5(11)8-4-6(9(12)13)2-3-7(8)10(14)15/h2-4H,1,11H2,(H,12,13)(H,14,15). The first-order valence-corrected chi connectivity index (χ1v) is 3.99. The zero-order valence-electron chi connectivity index (χ0n) is 7.73. The van der Waals surface area contributed by atoms with Crippen LogP contribution in [0.5, 0.6) is 0 Å². The summed E-state index contributed by atoms with van der Waals surface area (Å²) in [4.78, 5) is 21.4. The maximum atomic E-state index is 10.8. The molecule has 4 N–H and O–H groups in total. The number of aromatic carboxylic acids is 2. The van der Waals surface area contributed by atoms with Crippen molar-refractivity contribution in [2.45, 2.75) is 0 Å². The van der Waals surface area contributed by atoms with Crippen LogP contribution in [0, 0.1) is 0 Å². The minimum atomic E-state index is -1.17. The monoisotopic (exact) mass is 207 g/mol. The summed E-state index contributed by atoms with van der Waals surface area (Å²) in [6, 6.07) is 3.59. The Morgan fingerprint density at radius 3 is 2.13 bits per heavy atom. The molecule has 0 bridgehead atoms. The van der Waals surface area contributed by atoms with Gasteiger partial charge in [-0.05, 0) is 18.2 Å². The zero-order chi connectivity index (χ0) is 11.6. The topological polar surface area (TPSA) is 101 Å². The van der Waals surface area contributed by atoms with Gasteiger partial charge in [0.1, 0.15) is 0 Å². The summed E-state index contributed by atoms with van der Waals surface area (Å²) >= 11 is 0. The Labute approximate surface area is 85.5 Å². The van der Waals surface area contributed by atoms with E-state index >= 15 is 0 Å². The molecular weight excluding hydrogens is 198 g/mol. The number of carbonyl (C=O) groups is 2. The molecule has 78 valence electrons. The highest BCUT2D eigenvalue weighted by atomic mass is 16.4. The lowest BCUT2D eigenvalue weighted by molar-refractivity contribution is 0.0681. The largest absolute Gasteiger partial charge is 0.478 e. The van der Waals surface area contributed by atoms with Crippen molar-refractivity contribution in [3.63, 3.8) is 0 Å². The van der Waals surface area contributed by atoms with Gasteiger partial charge in [0.25, 0.3) is 0 Å². The first-order valence-electron chi connectivity index (χ1n) is 3.99. The van der Waals surface area contributed by atoms with Crippen LogP contribution in [-0.2, 0) is 0 Å². The molecule has 0 amide bonds. The maximum Gasteiger partial charge on any atom is 0.336 e. The number of nitrogens with two attached hydrogens (primary N) is 1. The van der Waals surface area contributed by atoms with Gasteiger partial charge in [-0.25, -0.2) is 9.59 Å². The van der Waals surface area contributed by atoms with E-state index in [1.165, 1.54) is 18.2 Å². The average molecular weight is 207 g/mol. The van der Waals surface area contributed by atoms with Gasteiger partial charge < -0.3 is 15.9 Å². The van der Waals surface area contributed by atoms with Crippen LogP contribution in [0.3, 0.4) is 0 Å². The maximum absolute atomic E-state index is 10.8. The van der Waals surface area contributed by atoms with Gasteiger partial charge >= 0.3 is 11.9 Å². The molecule has 0 spiro atoms. The molecule has 0 fully saturated rings. The molecule has 5 heteroatoms. The zero-order valence-corrected chi connectivity index (χ0v) is 7.73. The van der Waals surface area contributed by atoms with E-state index in [2.05, 4.69) is 6.58 Å². The lowest BCUT2D eigenvalue weighted by Gasteiger charge is -2.06. The first kappa shape index (κ1) is 10.8. The van der Waals surface area contributed by atoms with E-state index < -0.39 is 11.9 Å². The van der Waals surface area contributed by atoms with Gasteiger partial charge in [0.15, 0.2) is 0 Å².